The van der Waals surface area contributed by atoms with Gasteiger partial charge in [0.1, 0.15) is 6.54 Å². The van der Waals surface area contributed by atoms with E-state index in [0.29, 0.717) is 12.6 Å². The molecule has 1 aromatic rings. The molecule has 6 nitrogen and oxygen atoms in total. The molecule has 1 aliphatic heterocycles. The Balaban J connectivity index is 1.92. The van der Waals surface area contributed by atoms with Gasteiger partial charge < -0.3 is 15.0 Å². The van der Waals surface area contributed by atoms with Crippen molar-refractivity contribution < 1.29 is 14.3 Å². The van der Waals surface area contributed by atoms with Gasteiger partial charge in [0.2, 0.25) is 5.91 Å². The summed E-state index contributed by atoms with van der Waals surface area (Å²) in [7, 11) is 1.29. The molecule has 0 radical (unpaired) electrons. The molecule has 0 spiro atoms. The minimum absolute atomic E-state index is 0.0226. The minimum atomic E-state index is -0.579. The average molecular weight is 333 g/mol. The fourth-order valence-electron chi connectivity index (χ4n) is 3.28. The van der Waals surface area contributed by atoms with Gasteiger partial charge in [0.25, 0.3) is 0 Å². The lowest BCUT2D eigenvalue weighted by atomic mass is 10.1. The fraction of sp³-hybridized carbons (Fsp3) is 0.556. The number of carbonyl (C=O) groups is 2. The highest BCUT2D eigenvalue weighted by molar-refractivity contribution is 5.82. The predicted molar refractivity (Wildman–Crippen MR) is 92.6 cm³/mol. The first-order chi connectivity index (χ1) is 11.6. The fourth-order valence-corrected chi connectivity index (χ4v) is 3.28. The van der Waals surface area contributed by atoms with Gasteiger partial charge in [-0.1, -0.05) is 30.3 Å². The van der Waals surface area contributed by atoms with Crippen molar-refractivity contribution in [3.63, 3.8) is 0 Å². The number of methoxy groups -OCH3 is 1. The van der Waals surface area contributed by atoms with Gasteiger partial charge in [-0.2, -0.15) is 0 Å². The van der Waals surface area contributed by atoms with Crippen LogP contribution in [0, 0.1) is 0 Å². The number of nitrogens with zero attached hydrogens (tertiary/aromatic N) is 2. The number of nitrogens with one attached hydrogen (secondary N) is 1. The summed E-state index contributed by atoms with van der Waals surface area (Å²) in [4.78, 5) is 27.8. The van der Waals surface area contributed by atoms with Crippen LogP contribution in [0.15, 0.2) is 30.3 Å². The van der Waals surface area contributed by atoms with E-state index >= 15 is 0 Å². The van der Waals surface area contributed by atoms with Crippen molar-refractivity contribution in [2.75, 3.05) is 33.3 Å². The number of alkyl carbamates (subject to hydrolysis) is 1. The van der Waals surface area contributed by atoms with Gasteiger partial charge in [0, 0.05) is 31.7 Å². The number of amides is 2. The van der Waals surface area contributed by atoms with Gasteiger partial charge in [-0.15, -0.1) is 0 Å². The zero-order valence-electron chi connectivity index (χ0n) is 14.7. The Morgan fingerprint density at radius 1 is 1.38 bits per heavy atom. The Hall–Kier alpha value is -2.08. The molecule has 2 atom stereocenters. The largest absolute Gasteiger partial charge is 0.453 e. The van der Waals surface area contributed by atoms with Gasteiger partial charge in [0.05, 0.1) is 7.11 Å². The predicted octanol–water partition coefficient (Wildman–Crippen LogP) is 2.03. The first kappa shape index (κ1) is 18.3. The topological polar surface area (TPSA) is 61.9 Å². The minimum Gasteiger partial charge on any atom is -0.453 e. The van der Waals surface area contributed by atoms with E-state index in [4.69, 9.17) is 0 Å². The summed E-state index contributed by atoms with van der Waals surface area (Å²) >= 11 is 0. The first-order valence-electron chi connectivity index (χ1n) is 8.47. The smallest absolute Gasteiger partial charge is 0.407 e. The van der Waals surface area contributed by atoms with E-state index in [1.54, 1.807) is 0 Å². The number of likely N-dealkylation sites (N-methyl/N-ethyl adjacent to an activating group) is 1. The molecule has 2 amide bonds. The maximum atomic E-state index is 12.4. The molecule has 1 saturated heterocycles. The van der Waals surface area contributed by atoms with Crippen molar-refractivity contribution in [3.8, 4) is 0 Å². The molecule has 0 bridgehead atoms. The molecular formula is C18H27N3O3. The van der Waals surface area contributed by atoms with Gasteiger partial charge in [-0.3, -0.25) is 9.69 Å². The monoisotopic (exact) mass is 333 g/mol. The molecule has 0 aromatic heterocycles. The number of benzene rings is 1. The number of hydrogen-bond donors (Lipinski definition) is 1. The summed E-state index contributed by atoms with van der Waals surface area (Å²) in [5.74, 6) is -0.0675. The normalized spacial score (nSPS) is 18.9. The lowest BCUT2D eigenvalue weighted by molar-refractivity contribution is -0.132. The molecular weight excluding hydrogens is 306 g/mol. The summed E-state index contributed by atoms with van der Waals surface area (Å²) in [6.07, 6.45) is 0.375. The summed E-state index contributed by atoms with van der Waals surface area (Å²) in [5, 5.41) is 2.46. The van der Waals surface area contributed by atoms with Crippen LogP contribution in [0.1, 0.15) is 31.9 Å². The van der Waals surface area contributed by atoms with Gasteiger partial charge in [-0.05, 0) is 25.8 Å². The second-order valence-electron chi connectivity index (χ2n) is 6.05. The molecule has 6 heteroatoms. The first-order valence-corrected chi connectivity index (χ1v) is 8.47. The molecule has 0 saturated carbocycles. The summed E-state index contributed by atoms with van der Waals surface area (Å²) in [6, 6.07) is 10.9. The lowest BCUT2D eigenvalue weighted by Crippen LogP contribution is -2.46. The Kier molecular flexibility index (Phi) is 6.61. The van der Waals surface area contributed by atoms with E-state index in [2.05, 4.69) is 46.1 Å². The molecule has 1 fully saturated rings. The molecule has 24 heavy (non-hydrogen) atoms. The van der Waals surface area contributed by atoms with E-state index in [0.717, 1.165) is 19.5 Å². The zero-order chi connectivity index (χ0) is 17.5. The van der Waals surface area contributed by atoms with Crippen LogP contribution in [0.25, 0.3) is 0 Å². The van der Waals surface area contributed by atoms with E-state index in [1.165, 1.54) is 12.7 Å². The second-order valence-corrected chi connectivity index (χ2v) is 6.05. The third-order valence-electron chi connectivity index (χ3n) is 4.70. The van der Waals surface area contributed by atoms with Crippen LogP contribution in [0.3, 0.4) is 0 Å². The SMILES string of the molecule is CCN(C(=O)CNC(=O)OC)[C@H]1CCN([C@H](C)c2ccccc2)C1. The highest BCUT2D eigenvalue weighted by Gasteiger charge is 2.32. The molecule has 2 rings (SSSR count). The molecule has 132 valence electrons. The summed E-state index contributed by atoms with van der Waals surface area (Å²) in [6.45, 7) is 6.61. The van der Waals surface area contributed by atoms with Crippen LogP contribution in [0.5, 0.6) is 0 Å². The lowest BCUT2D eigenvalue weighted by Gasteiger charge is -2.30. The number of carbonyl (C=O) groups excluding carboxylic acids is 2. The maximum Gasteiger partial charge on any atom is 0.407 e. The molecule has 0 aliphatic carbocycles. The Morgan fingerprint density at radius 3 is 2.71 bits per heavy atom. The van der Waals surface area contributed by atoms with Gasteiger partial charge >= 0.3 is 6.09 Å². The second kappa shape index (κ2) is 8.68. The Bertz CT molecular complexity index is 550. The highest BCUT2D eigenvalue weighted by atomic mass is 16.5. The van der Waals surface area contributed by atoms with Crippen molar-refractivity contribution in [2.45, 2.75) is 32.4 Å². The van der Waals surface area contributed by atoms with Crippen molar-refractivity contribution in [2.24, 2.45) is 0 Å². The van der Waals surface area contributed by atoms with E-state index in [-0.39, 0.29) is 18.5 Å². The number of ether oxygens (including phenoxy) is 1. The quantitative estimate of drug-likeness (QED) is 0.865. The number of hydrogen-bond acceptors (Lipinski definition) is 4. The maximum absolute atomic E-state index is 12.4. The third-order valence-corrected chi connectivity index (χ3v) is 4.70. The van der Waals surface area contributed by atoms with Crippen molar-refractivity contribution in [1.29, 1.82) is 0 Å². The van der Waals surface area contributed by atoms with Crippen molar-refractivity contribution in [1.82, 2.24) is 15.1 Å². The van der Waals surface area contributed by atoms with Crippen molar-refractivity contribution in [3.05, 3.63) is 35.9 Å². The summed E-state index contributed by atoms with van der Waals surface area (Å²) < 4.78 is 4.51. The zero-order valence-corrected chi connectivity index (χ0v) is 14.7. The van der Waals surface area contributed by atoms with Gasteiger partial charge in [-0.25, -0.2) is 4.79 Å². The number of rotatable bonds is 6. The van der Waals surface area contributed by atoms with Crippen LogP contribution >= 0.6 is 0 Å². The molecule has 1 aliphatic rings. The van der Waals surface area contributed by atoms with Crippen LogP contribution in [-0.4, -0.2) is 61.1 Å². The van der Waals surface area contributed by atoms with Crippen LogP contribution < -0.4 is 5.32 Å². The van der Waals surface area contributed by atoms with E-state index in [9.17, 15) is 9.59 Å². The molecule has 1 N–H and O–H groups in total. The van der Waals surface area contributed by atoms with Crippen LogP contribution in [0.4, 0.5) is 4.79 Å². The molecule has 0 unspecified atom stereocenters. The van der Waals surface area contributed by atoms with Crippen LogP contribution in [0.2, 0.25) is 0 Å². The highest BCUT2D eigenvalue weighted by Crippen LogP contribution is 2.26. The standard InChI is InChI=1S/C18H27N3O3/c1-4-21(17(22)12-19-18(23)24-3)16-10-11-20(13-16)14(2)15-8-6-5-7-9-15/h5-9,14,16H,4,10-13H2,1-3H3,(H,19,23)/t14-,16+/m1/s1. The Morgan fingerprint density at radius 2 is 2.08 bits per heavy atom. The molecule has 1 aromatic carbocycles. The van der Waals surface area contributed by atoms with Crippen LogP contribution in [-0.2, 0) is 9.53 Å². The molecule has 1 heterocycles. The van der Waals surface area contributed by atoms with Crippen molar-refractivity contribution >= 4 is 12.0 Å². The number of likely N-dealkylation sites (tertiary alicyclic amines) is 1. The third kappa shape index (κ3) is 4.47. The average Bonchev–Trinajstić information content (AvgIpc) is 3.10. The Labute approximate surface area is 143 Å². The van der Waals surface area contributed by atoms with E-state index in [1.807, 2.05) is 17.9 Å². The van der Waals surface area contributed by atoms with E-state index < -0.39 is 6.09 Å². The summed E-state index contributed by atoms with van der Waals surface area (Å²) in [5.41, 5.74) is 1.29. The van der Waals surface area contributed by atoms with Gasteiger partial charge in [0.15, 0.2) is 0 Å².